The summed E-state index contributed by atoms with van der Waals surface area (Å²) in [4.78, 5) is 36.5. The van der Waals surface area contributed by atoms with Crippen LogP contribution in [0.4, 0.5) is 10.5 Å². The number of nitrogens with zero attached hydrogens (tertiary/aromatic N) is 1. The fourth-order valence-electron chi connectivity index (χ4n) is 2.79. The van der Waals surface area contributed by atoms with Crippen LogP contribution >= 0.6 is 0 Å². The average molecular weight is 370 g/mol. The van der Waals surface area contributed by atoms with E-state index in [-0.39, 0.29) is 41.8 Å². The lowest BCUT2D eigenvalue weighted by molar-refractivity contribution is 0.0914. The molecule has 0 spiro atoms. The zero-order valence-electron chi connectivity index (χ0n) is 14.8. The lowest BCUT2D eigenvalue weighted by atomic mass is 10.0. The van der Waals surface area contributed by atoms with Gasteiger partial charge in [-0.15, -0.1) is 0 Å². The second-order valence-electron chi connectivity index (χ2n) is 5.92. The first-order valence-electron chi connectivity index (χ1n) is 8.11. The molecule has 2 aromatic rings. The Bertz CT molecular complexity index is 940. The van der Waals surface area contributed by atoms with E-state index in [4.69, 9.17) is 14.6 Å². The number of aliphatic hydroxyl groups is 1. The van der Waals surface area contributed by atoms with Crippen LogP contribution in [0.3, 0.4) is 0 Å². The smallest absolute Gasteiger partial charge is 0.412 e. The highest BCUT2D eigenvalue weighted by Gasteiger charge is 2.30. The van der Waals surface area contributed by atoms with E-state index in [1.807, 2.05) is 0 Å². The van der Waals surface area contributed by atoms with Gasteiger partial charge < -0.3 is 19.1 Å². The summed E-state index contributed by atoms with van der Waals surface area (Å²) in [6.45, 7) is -0.201. The van der Waals surface area contributed by atoms with E-state index in [1.165, 1.54) is 17.7 Å². The zero-order chi connectivity index (χ0) is 19.6. The van der Waals surface area contributed by atoms with Crippen LogP contribution in [0.25, 0.3) is 0 Å². The number of ketones is 2. The average Bonchev–Trinajstić information content (AvgIpc) is 3.01. The summed E-state index contributed by atoms with van der Waals surface area (Å²) >= 11 is 0. The van der Waals surface area contributed by atoms with E-state index in [0.717, 1.165) is 11.6 Å². The number of rotatable bonds is 5. The maximum atomic E-state index is 12.3. The van der Waals surface area contributed by atoms with Gasteiger partial charge in [0.25, 0.3) is 0 Å². The normalized spacial score (nSPS) is 13.1. The van der Waals surface area contributed by atoms with Crippen LogP contribution < -0.4 is 5.32 Å². The number of allylic oxidation sites excluding steroid dienone is 2. The minimum absolute atomic E-state index is 0.0189. The van der Waals surface area contributed by atoms with Crippen LogP contribution in [-0.4, -0.2) is 34.4 Å². The van der Waals surface area contributed by atoms with Crippen LogP contribution in [-0.2, 0) is 29.7 Å². The van der Waals surface area contributed by atoms with Gasteiger partial charge in [0.2, 0.25) is 11.6 Å². The molecular weight excluding hydrogens is 352 g/mol. The summed E-state index contributed by atoms with van der Waals surface area (Å²) in [5.74, 6) is -0.749. The van der Waals surface area contributed by atoms with Gasteiger partial charge in [0.15, 0.2) is 5.76 Å². The van der Waals surface area contributed by atoms with Gasteiger partial charge in [-0.05, 0) is 23.8 Å². The molecule has 8 nitrogen and oxygen atoms in total. The monoisotopic (exact) mass is 370 g/mol. The Morgan fingerprint density at radius 3 is 2.56 bits per heavy atom. The number of fused-ring (bicyclic) bond motifs is 1. The number of amides is 1. The first-order valence-corrected chi connectivity index (χ1v) is 8.11. The molecule has 0 fully saturated rings. The maximum absolute atomic E-state index is 12.3. The molecule has 0 saturated carbocycles. The number of hydrogen-bond donors (Lipinski definition) is 2. The van der Waals surface area contributed by atoms with Gasteiger partial charge in [0, 0.05) is 18.8 Å². The maximum Gasteiger partial charge on any atom is 0.412 e. The largest absolute Gasteiger partial charge is 0.492 e. The third-order valence-electron chi connectivity index (χ3n) is 4.25. The number of carbonyl (C=O) groups excluding carboxylic acids is 3. The standard InChI is InChI=1S/C19H18N2O6/c1-21-13(7-14-17(21)15(23)8-16(26-2)18(14)24)10-27-19(25)20-12-5-3-11(9-22)4-6-12/h3-8,22H,9-10H2,1-2H3,(H,20,25). The lowest BCUT2D eigenvalue weighted by Crippen LogP contribution is -2.19. The van der Waals surface area contributed by atoms with Crippen molar-refractivity contribution in [1.29, 1.82) is 0 Å². The first-order chi connectivity index (χ1) is 12.9. The van der Waals surface area contributed by atoms with Crippen LogP contribution in [0, 0.1) is 0 Å². The zero-order valence-corrected chi connectivity index (χ0v) is 14.8. The van der Waals surface area contributed by atoms with E-state index in [9.17, 15) is 14.4 Å². The molecule has 1 heterocycles. The molecule has 1 amide bonds. The molecule has 1 aromatic carbocycles. The molecule has 1 aromatic heterocycles. The van der Waals surface area contributed by atoms with Gasteiger partial charge in [-0.2, -0.15) is 0 Å². The SMILES string of the molecule is COC1=CC(=O)c2c(cc(COC(=O)Nc3ccc(CO)cc3)n2C)C1=O. The summed E-state index contributed by atoms with van der Waals surface area (Å²) in [5, 5.41) is 11.6. The van der Waals surface area contributed by atoms with Crippen molar-refractivity contribution in [3.8, 4) is 0 Å². The second-order valence-corrected chi connectivity index (χ2v) is 5.92. The molecular formula is C19H18N2O6. The molecule has 0 bridgehead atoms. The number of aliphatic hydroxyl groups excluding tert-OH is 1. The first kappa shape index (κ1) is 18.4. The number of aromatic nitrogens is 1. The van der Waals surface area contributed by atoms with Crippen molar-refractivity contribution >= 4 is 23.3 Å². The molecule has 0 atom stereocenters. The van der Waals surface area contributed by atoms with Crippen molar-refractivity contribution < 1.29 is 29.0 Å². The number of anilines is 1. The quantitative estimate of drug-likeness (QED) is 0.835. The van der Waals surface area contributed by atoms with Gasteiger partial charge in [0.1, 0.15) is 12.3 Å². The molecule has 0 radical (unpaired) electrons. The molecule has 3 rings (SSSR count). The number of methoxy groups -OCH3 is 1. The lowest BCUT2D eigenvalue weighted by Gasteiger charge is -2.12. The van der Waals surface area contributed by atoms with Gasteiger partial charge in [-0.3, -0.25) is 14.9 Å². The highest BCUT2D eigenvalue weighted by Crippen LogP contribution is 2.25. The predicted molar refractivity (Wildman–Crippen MR) is 95.3 cm³/mol. The summed E-state index contributed by atoms with van der Waals surface area (Å²) in [7, 11) is 2.95. The third-order valence-corrected chi connectivity index (χ3v) is 4.25. The van der Waals surface area contributed by atoms with Gasteiger partial charge >= 0.3 is 6.09 Å². The minimum Gasteiger partial charge on any atom is -0.492 e. The minimum atomic E-state index is -0.681. The Labute approximate surface area is 155 Å². The second kappa shape index (κ2) is 7.46. The van der Waals surface area contributed by atoms with Crippen LogP contribution in [0.5, 0.6) is 0 Å². The summed E-state index contributed by atoms with van der Waals surface area (Å²) in [6, 6.07) is 8.16. The van der Waals surface area contributed by atoms with Crippen molar-refractivity contribution in [1.82, 2.24) is 4.57 Å². The highest BCUT2D eigenvalue weighted by molar-refractivity contribution is 6.23. The molecule has 0 aliphatic heterocycles. The van der Waals surface area contributed by atoms with Crippen molar-refractivity contribution in [3.63, 3.8) is 0 Å². The number of ether oxygens (including phenoxy) is 2. The molecule has 1 aliphatic carbocycles. The molecule has 2 N–H and O–H groups in total. The molecule has 0 unspecified atom stereocenters. The summed E-state index contributed by atoms with van der Waals surface area (Å²) < 4.78 is 11.6. The Kier molecular flexibility index (Phi) is 5.09. The number of Topliss-reactive ketones (excluding diaryl/α,β-unsaturated/α-hetero) is 1. The van der Waals surface area contributed by atoms with Gasteiger partial charge in [-0.1, -0.05) is 12.1 Å². The van der Waals surface area contributed by atoms with Crippen molar-refractivity contribution in [2.75, 3.05) is 12.4 Å². The van der Waals surface area contributed by atoms with Crippen LogP contribution in [0.2, 0.25) is 0 Å². The molecule has 1 aliphatic rings. The van der Waals surface area contributed by atoms with Gasteiger partial charge in [0.05, 0.1) is 25.0 Å². The Hall–Kier alpha value is -3.39. The van der Waals surface area contributed by atoms with E-state index in [1.54, 1.807) is 31.3 Å². The van der Waals surface area contributed by atoms with E-state index in [0.29, 0.717) is 11.4 Å². The van der Waals surface area contributed by atoms with Crippen molar-refractivity contribution in [2.24, 2.45) is 7.05 Å². The summed E-state index contributed by atoms with van der Waals surface area (Å²) in [5.41, 5.74) is 2.20. The van der Waals surface area contributed by atoms with E-state index < -0.39 is 6.09 Å². The predicted octanol–water partition coefficient (Wildman–Crippen LogP) is 2.18. The Balaban J connectivity index is 1.68. The molecule has 140 valence electrons. The highest BCUT2D eigenvalue weighted by atomic mass is 16.5. The molecule has 8 heteroatoms. The number of benzene rings is 1. The molecule has 27 heavy (non-hydrogen) atoms. The number of nitrogens with one attached hydrogen (secondary N) is 1. The van der Waals surface area contributed by atoms with Crippen LogP contribution in [0.15, 0.2) is 42.2 Å². The van der Waals surface area contributed by atoms with E-state index >= 15 is 0 Å². The van der Waals surface area contributed by atoms with E-state index in [2.05, 4.69) is 5.32 Å². The fraction of sp³-hybridized carbons (Fsp3) is 0.211. The fourth-order valence-corrected chi connectivity index (χ4v) is 2.79. The summed E-state index contributed by atoms with van der Waals surface area (Å²) in [6.07, 6.45) is 0.470. The van der Waals surface area contributed by atoms with Crippen molar-refractivity contribution in [2.45, 2.75) is 13.2 Å². The Morgan fingerprint density at radius 2 is 1.93 bits per heavy atom. The van der Waals surface area contributed by atoms with Crippen molar-refractivity contribution in [3.05, 3.63) is 64.7 Å². The molecule has 0 saturated heterocycles. The third kappa shape index (κ3) is 3.61. The number of carbonyl (C=O) groups is 3. The Morgan fingerprint density at radius 1 is 1.22 bits per heavy atom. The topological polar surface area (TPSA) is 107 Å². The van der Waals surface area contributed by atoms with Crippen LogP contribution in [0.1, 0.15) is 32.1 Å². The number of hydrogen-bond acceptors (Lipinski definition) is 6. The van der Waals surface area contributed by atoms with Gasteiger partial charge in [-0.25, -0.2) is 4.79 Å².